The number of hydrogen-bond donors (Lipinski definition) is 1. The number of methoxy groups -OCH3 is 1. The van der Waals surface area contributed by atoms with Crippen molar-refractivity contribution < 1.29 is 14.4 Å². The quantitative estimate of drug-likeness (QED) is 0.468. The predicted molar refractivity (Wildman–Crippen MR) is 80.3 cm³/mol. The number of halogens is 1. The monoisotopic (exact) mass is 347 g/mol. The van der Waals surface area contributed by atoms with Crippen LogP contribution in [-0.2, 0) is 14.4 Å². The maximum Gasteiger partial charge on any atom is 0.253 e. The summed E-state index contributed by atoms with van der Waals surface area (Å²) in [6.07, 6.45) is 0. The standard InChI is InChI=1S/C13H18BrNO3S/c1-9-7-12(10(2)6-11(9)14)19-8-13(16)15-18-5-4-17-3/h6-7H,4-5,8H2,1-3H3,(H,15,16). The van der Waals surface area contributed by atoms with Gasteiger partial charge in [0.1, 0.15) is 0 Å². The fourth-order valence-corrected chi connectivity index (χ4v) is 2.69. The van der Waals surface area contributed by atoms with E-state index in [4.69, 9.17) is 9.57 Å². The zero-order chi connectivity index (χ0) is 14.3. The highest BCUT2D eigenvalue weighted by Crippen LogP contribution is 2.28. The van der Waals surface area contributed by atoms with Gasteiger partial charge in [0.25, 0.3) is 5.91 Å². The molecule has 0 aliphatic rings. The molecule has 106 valence electrons. The van der Waals surface area contributed by atoms with Crippen LogP contribution >= 0.6 is 27.7 Å². The number of ether oxygens (including phenoxy) is 1. The van der Waals surface area contributed by atoms with Gasteiger partial charge in [-0.3, -0.25) is 9.63 Å². The van der Waals surface area contributed by atoms with Gasteiger partial charge >= 0.3 is 0 Å². The lowest BCUT2D eigenvalue weighted by Crippen LogP contribution is -2.26. The van der Waals surface area contributed by atoms with E-state index >= 15 is 0 Å². The first-order valence-corrected chi connectivity index (χ1v) is 7.61. The van der Waals surface area contributed by atoms with Crippen LogP contribution in [0.3, 0.4) is 0 Å². The van der Waals surface area contributed by atoms with Crippen molar-refractivity contribution in [2.75, 3.05) is 26.1 Å². The van der Waals surface area contributed by atoms with Crippen LogP contribution in [0.25, 0.3) is 0 Å². The Kier molecular flexibility index (Phi) is 7.45. The molecule has 0 aromatic heterocycles. The third kappa shape index (κ3) is 5.95. The first kappa shape index (κ1) is 16.5. The van der Waals surface area contributed by atoms with E-state index in [0.29, 0.717) is 19.0 Å². The van der Waals surface area contributed by atoms with Gasteiger partial charge in [0, 0.05) is 16.5 Å². The van der Waals surface area contributed by atoms with Crippen molar-refractivity contribution in [2.24, 2.45) is 0 Å². The molecule has 1 aromatic rings. The predicted octanol–water partition coefficient (Wildman–Crippen LogP) is 2.85. The van der Waals surface area contributed by atoms with E-state index in [1.165, 1.54) is 11.8 Å². The number of thioether (sulfide) groups is 1. The second-order valence-electron chi connectivity index (χ2n) is 4.02. The molecule has 1 rings (SSSR count). The first-order chi connectivity index (χ1) is 9.04. The second-order valence-corrected chi connectivity index (χ2v) is 5.89. The molecule has 0 saturated heterocycles. The van der Waals surface area contributed by atoms with Crippen LogP contribution in [0.5, 0.6) is 0 Å². The van der Waals surface area contributed by atoms with Gasteiger partial charge in [0.15, 0.2) is 0 Å². The summed E-state index contributed by atoms with van der Waals surface area (Å²) in [6, 6.07) is 4.13. The molecule has 6 heteroatoms. The maximum absolute atomic E-state index is 11.5. The van der Waals surface area contributed by atoms with Gasteiger partial charge in [-0.15, -0.1) is 11.8 Å². The molecule has 0 aliphatic carbocycles. The average Bonchev–Trinajstić information content (AvgIpc) is 2.37. The number of benzene rings is 1. The summed E-state index contributed by atoms with van der Waals surface area (Å²) >= 11 is 4.99. The van der Waals surface area contributed by atoms with Crippen LogP contribution in [0.4, 0.5) is 0 Å². The number of hydroxylamine groups is 1. The third-order valence-corrected chi connectivity index (χ3v) is 4.40. The molecule has 0 heterocycles. The van der Waals surface area contributed by atoms with Gasteiger partial charge in [-0.25, -0.2) is 5.48 Å². The Hall–Kier alpha value is -0.560. The molecule has 0 radical (unpaired) electrons. The summed E-state index contributed by atoms with van der Waals surface area (Å²) in [5.41, 5.74) is 4.69. The van der Waals surface area contributed by atoms with E-state index in [9.17, 15) is 4.79 Å². The Morgan fingerprint density at radius 3 is 2.74 bits per heavy atom. The minimum Gasteiger partial charge on any atom is -0.382 e. The van der Waals surface area contributed by atoms with Crippen molar-refractivity contribution in [1.82, 2.24) is 5.48 Å². The van der Waals surface area contributed by atoms with E-state index < -0.39 is 0 Å². The van der Waals surface area contributed by atoms with Gasteiger partial charge in [-0.1, -0.05) is 15.9 Å². The molecule has 1 amide bonds. The first-order valence-electron chi connectivity index (χ1n) is 5.83. The Bertz CT molecular complexity index is 440. The van der Waals surface area contributed by atoms with Crippen molar-refractivity contribution >= 4 is 33.6 Å². The lowest BCUT2D eigenvalue weighted by Gasteiger charge is -2.09. The number of hydrogen-bond acceptors (Lipinski definition) is 4. The zero-order valence-electron chi connectivity index (χ0n) is 11.3. The summed E-state index contributed by atoms with van der Waals surface area (Å²) in [5, 5.41) is 0. The number of carbonyl (C=O) groups is 1. The average molecular weight is 348 g/mol. The van der Waals surface area contributed by atoms with Crippen LogP contribution in [0.15, 0.2) is 21.5 Å². The van der Waals surface area contributed by atoms with Crippen molar-refractivity contribution in [3.05, 3.63) is 27.7 Å². The number of carbonyl (C=O) groups excluding carboxylic acids is 1. The molecule has 1 N–H and O–H groups in total. The summed E-state index contributed by atoms with van der Waals surface area (Å²) < 4.78 is 5.89. The third-order valence-electron chi connectivity index (χ3n) is 2.39. The summed E-state index contributed by atoms with van der Waals surface area (Å²) in [7, 11) is 1.58. The van der Waals surface area contributed by atoms with Crippen LogP contribution < -0.4 is 5.48 Å². The highest BCUT2D eigenvalue weighted by Gasteiger charge is 2.07. The zero-order valence-corrected chi connectivity index (χ0v) is 13.7. The largest absolute Gasteiger partial charge is 0.382 e. The second kappa shape index (κ2) is 8.58. The summed E-state index contributed by atoms with van der Waals surface area (Å²) in [4.78, 5) is 17.6. The Balaban J connectivity index is 2.40. The molecule has 0 fully saturated rings. The van der Waals surface area contributed by atoms with Crippen LogP contribution in [0.2, 0.25) is 0 Å². The van der Waals surface area contributed by atoms with Gasteiger partial charge in [-0.2, -0.15) is 0 Å². The molecular formula is C13H18BrNO3S. The van der Waals surface area contributed by atoms with E-state index in [0.717, 1.165) is 20.5 Å². The summed E-state index contributed by atoms with van der Waals surface area (Å²) in [5.74, 6) is 0.176. The molecule has 0 spiro atoms. The highest BCUT2D eigenvalue weighted by atomic mass is 79.9. The molecule has 0 unspecified atom stereocenters. The van der Waals surface area contributed by atoms with Crippen LogP contribution in [-0.4, -0.2) is 32.0 Å². The van der Waals surface area contributed by atoms with Gasteiger partial charge in [-0.05, 0) is 37.1 Å². The minimum absolute atomic E-state index is 0.152. The van der Waals surface area contributed by atoms with E-state index in [1.807, 2.05) is 13.8 Å². The normalized spacial score (nSPS) is 10.5. The van der Waals surface area contributed by atoms with Crippen LogP contribution in [0, 0.1) is 13.8 Å². The van der Waals surface area contributed by atoms with E-state index in [1.54, 1.807) is 7.11 Å². The Labute approximate surface area is 126 Å². The molecule has 1 aromatic carbocycles. The van der Waals surface area contributed by atoms with Crippen molar-refractivity contribution in [3.63, 3.8) is 0 Å². The van der Waals surface area contributed by atoms with Crippen molar-refractivity contribution in [2.45, 2.75) is 18.7 Å². The van der Waals surface area contributed by atoms with Crippen molar-refractivity contribution in [1.29, 1.82) is 0 Å². The van der Waals surface area contributed by atoms with Gasteiger partial charge in [0.2, 0.25) is 0 Å². The minimum atomic E-state index is -0.152. The molecule has 19 heavy (non-hydrogen) atoms. The smallest absolute Gasteiger partial charge is 0.253 e. The van der Waals surface area contributed by atoms with E-state index in [2.05, 4.69) is 33.5 Å². The SMILES string of the molecule is COCCONC(=O)CSc1cc(C)c(Br)cc1C. The van der Waals surface area contributed by atoms with Crippen LogP contribution in [0.1, 0.15) is 11.1 Å². The fourth-order valence-electron chi connectivity index (χ4n) is 1.34. The maximum atomic E-state index is 11.5. The van der Waals surface area contributed by atoms with E-state index in [-0.39, 0.29) is 5.91 Å². The molecule has 0 bridgehead atoms. The molecular weight excluding hydrogens is 330 g/mol. The molecule has 0 aliphatic heterocycles. The summed E-state index contributed by atoms with van der Waals surface area (Å²) in [6.45, 7) is 4.86. The molecule has 0 atom stereocenters. The van der Waals surface area contributed by atoms with Gasteiger partial charge in [0.05, 0.1) is 19.0 Å². The topological polar surface area (TPSA) is 47.6 Å². The number of nitrogens with one attached hydrogen (secondary N) is 1. The van der Waals surface area contributed by atoms with Gasteiger partial charge < -0.3 is 4.74 Å². The lowest BCUT2D eigenvalue weighted by molar-refractivity contribution is -0.131. The Morgan fingerprint density at radius 1 is 1.32 bits per heavy atom. The number of amides is 1. The molecule has 0 saturated carbocycles. The highest BCUT2D eigenvalue weighted by molar-refractivity contribution is 9.10. The van der Waals surface area contributed by atoms with Crippen molar-refractivity contribution in [3.8, 4) is 0 Å². The fraction of sp³-hybridized carbons (Fsp3) is 0.462. The number of aryl methyl sites for hydroxylation is 2. The lowest BCUT2D eigenvalue weighted by atomic mass is 10.2. The Morgan fingerprint density at radius 2 is 2.05 bits per heavy atom. The molecule has 4 nitrogen and oxygen atoms in total. The number of rotatable bonds is 7.